The first kappa shape index (κ1) is 23.4. The van der Waals surface area contributed by atoms with Crippen LogP contribution in [0.1, 0.15) is 0 Å². The molecule has 10 aromatic rings. The van der Waals surface area contributed by atoms with Crippen molar-refractivity contribution in [3.63, 3.8) is 0 Å². The summed E-state index contributed by atoms with van der Waals surface area (Å²) in [7, 11) is 0. The van der Waals surface area contributed by atoms with Crippen molar-refractivity contribution in [3.05, 3.63) is 146 Å². The van der Waals surface area contributed by atoms with Crippen LogP contribution in [0.4, 0.5) is 0 Å². The summed E-state index contributed by atoms with van der Waals surface area (Å²) in [6.45, 7) is 0.170. The van der Waals surface area contributed by atoms with Crippen molar-refractivity contribution in [2.24, 2.45) is 0 Å². The molecule has 0 amide bonds. The fourth-order valence-electron chi connectivity index (χ4n) is 9.12. The zero-order valence-electron chi connectivity index (χ0n) is 24.8. The Morgan fingerprint density at radius 1 is 0.348 bits per heavy atom. The predicted molar refractivity (Wildman–Crippen MR) is 194 cm³/mol. The Hall–Kier alpha value is -6.00. The molecule has 0 spiro atoms. The molecule has 0 saturated heterocycles. The van der Waals surface area contributed by atoms with Crippen LogP contribution in [-0.4, -0.2) is 20.4 Å². The lowest BCUT2D eigenvalue weighted by Gasteiger charge is -2.33. The van der Waals surface area contributed by atoms with Gasteiger partial charge in [0, 0.05) is 54.9 Å². The van der Waals surface area contributed by atoms with Gasteiger partial charge in [-0.25, -0.2) is 0 Å². The molecule has 0 unspecified atom stereocenters. The minimum Gasteiger partial charge on any atom is -0.310 e. The summed E-state index contributed by atoms with van der Waals surface area (Å²) in [6.07, 6.45) is 0. The Morgan fingerprint density at radius 2 is 0.913 bits per heavy atom. The first-order chi connectivity index (χ1) is 22.9. The van der Waals surface area contributed by atoms with Crippen LogP contribution in [-0.2, 0) is 0 Å². The fourth-order valence-corrected chi connectivity index (χ4v) is 9.12. The topological polar surface area (TPSA) is 14.8 Å². The highest BCUT2D eigenvalue weighted by atomic mass is 15.0. The third-order valence-electron chi connectivity index (χ3n) is 10.8. The second-order valence-corrected chi connectivity index (χ2v) is 12.9. The summed E-state index contributed by atoms with van der Waals surface area (Å²) >= 11 is 0. The monoisotopic (exact) mass is 581 g/mol. The number of aromatic nitrogens is 3. The van der Waals surface area contributed by atoms with E-state index in [4.69, 9.17) is 0 Å². The number of hydrogen-bond acceptors (Lipinski definition) is 0. The van der Waals surface area contributed by atoms with Crippen LogP contribution in [0, 0.1) is 0 Å². The third kappa shape index (κ3) is 2.58. The van der Waals surface area contributed by atoms with E-state index >= 15 is 0 Å². The molecule has 5 heterocycles. The van der Waals surface area contributed by atoms with E-state index in [1.54, 1.807) is 0 Å². The lowest BCUT2D eigenvalue weighted by Crippen LogP contribution is -2.59. The number of benzene rings is 7. The number of rotatable bonds is 1. The van der Waals surface area contributed by atoms with Crippen LogP contribution < -0.4 is 16.4 Å². The lowest BCUT2D eigenvalue weighted by molar-refractivity contribution is 1.15. The zero-order valence-corrected chi connectivity index (χ0v) is 24.8. The maximum atomic E-state index is 2.55. The van der Waals surface area contributed by atoms with Crippen LogP contribution in [0.3, 0.4) is 0 Å². The molecule has 2 aliphatic heterocycles. The molecule has 12 rings (SSSR count). The average molecular weight is 581 g/mol. The summed E-state index contributed by atoms with van der Waals surface area (Å²) in [5, 5.41) is 7.81. The van der Waals surface area contributed by atoms with Gasteiger partial charge in [-0.05, 0) is 64.9 Å². The molecule has 0 bridgehead atoms. The SMILES string of the molecule is c1ccc2c(c1)B1c3cccc4c5cc(-n6c7ccccc7c7ccccc76)ccc5n(c34)-c3ccc4c5ccccc5n-2c4c31. The number of nitrogens with zero attached hydrogens (tertiary/aromatic N) is 3. The summed E-state index contributed by atoms with van der Waals surface area (Å²) < 4.78 is 7.50. The standard InChI is InChI=1S/C42H24BN3/c1-5-16-34-26(10-1)27-11-2-6-17-35(27)44(34)25-20-22-37-31(24-25)29-13-9-15-33-41(29)46(37)39-23-21-30-28-12-3-7-18-36(28)45-38-19-8-4-14-32(38)43(33)40(39)42(30)45/h1-24H. The van der Waals surface area contributed by atoms with Crippen molar-refractivity contribution >= 4 is 88.5 Å². The fraction of sp³-hybridized carbons (Fsp3) is 0. The van der Waals surface area contributed by atoms with E-state index in [2.05, 4.69) is 159 Å². The Bertz CT molecular complexity index is 2940. The highest BCUT2D eigenvalue weighted by Gasteiger charge is 2.40. The molecule has 46 heavy (non-hydrogen) atoms. The Labute approximate surface area is 264 Å². The molecule has 4 heteroatoms. The van der Waals surface area contributed by atoms with E-state index in [0.29, 0.717) is 0 Å². The van der Waals surface area contributed by atoms with E-state index in [-0.39, 0.29) is 6.71 Å². The molecule has 3 nitrogen and oxygen atoms in total. The smallest absolute Gasteiger partial charge is 0.252 e. The zero-order chi connectivity index (χ0) is 29.7. The minimum atomic E-state index is 0.170. The normalized spacial score (nSPS) is 13.2. The summed E-state index contributed by atoms with van der Waals surface area (Å²) in [6, 6.07) is 54.2. The van der Waals surface area contributed by atoms with E-state index in [1.165, 1.54) is 98.9 Å². The minimum absolute atomic E-state index is 0.170. The molecule has 0 atom stereocenters. The molecular formula is C42H24BN3. The van der Waals surface area contributed by atoms with Crippen molar-refractivity contribution in [3.8, 4) is 17.1 Å². The molecular weight excluding hydrogens is 557 g/mol. The van der Waals surface area contributed by atoms with Crippen LogP contribution in [0.15, 0.2) is 146 Å². The largest absolute Gasteiger partial charge is 0.310 e. The molecule has 2 aliphatic rings. The number of hydrogen-bond donors (Lipinski definition) is 0. The summed E-state index contributed by atoms with van der Waals surface area (Å²) in [5.74, 6) is 0. The Kier molecular flexibility index (Phi) is 4.06. The number of fused-ring (bicyclic) bond motifs is 14. The van der Waals surface area contributed by atoms with Crippen molar-refractivity contribution in [2.75, 3.05) is 0 Å². The van der Waals surface area contributed by atoms with Crippen LogP contribution >= 0.6 is 0 Å². The Morgan fingerprint density at radius 3 is 1.70 bits per heavy atom. The van der Waals surface area contributed by atoms with Gasteiger partial charge in [-0.2, -0.15) is 0 Å². The van der Waals surface area contributed by atoms with Crippen LogP contribution in [0.25, 0.3) is 82.5 Å². The molecule has 0 aliphatic carbocycles. The van der Waals surface area contributed by atoms with Gasteiger partial charge < -0.3 is 13.7 Å². The summed E-state index contributed by atoms with van der Waals surface area (Å²) in [5.41, 5.74) is 15.6. The highest BCUT2D eigenvalue weighted by Crippen LogP contribution is 2.40. The van der Waals surface area contributed by atoms with Crippen molar-refractivity contribution in [1.82, 2.24) is 13.7 Å². The van der Waals surface area contributed by atoms with Crippen LogP contribution in [0.2, 0.25) is 0 Å². The maximum Gasteiger partial charge on any atom is 0.252 e. The van der Waals surface area contributed by atoms with E-state index < -0.39 is 0 Å². The lowest BCUT2D eigenvalue weighted by atomic mass is 9.34. The van der Waals surface area contributed by atoms with Gasteiger partial charge >= 0.3 is 0 Å². The third-order valence-corrected chi connectivity index (χ3v) is 10.8. The van der Waals surface area contributed by atoms with E-state index in [1.807, 2.05) is 0 Å². The van der Waals surface area contributed by atoms with Gasteiger partial charge in [-0.3, -0.25) is 0 Å². The molecule has 0 radical (unpaired) electrons. The van der Waals surface area contributed by atoms with Gasteiger partial charge in [0.15, 0.2) is 0 Å². The molecule has 7 aromatic carbocycles. The van der Waals surface area contributed by atoms with E-state index in [9.17, 15) is 0 Å². The van der Waals surface area contributed by atoms with Gasteiger partial charge in [-0.15, -0.1) is 0 Å². The van der Waals surface area contributed by atoms with Crippen LogP contribution in [0.5, 0.6) is 0 Å². The summed E-state index contributed by atoms with van der Waals surface area (Å²) in [4.78, 5) is 0. The molecule has 0 fully saturated rings. The van der Waals surface area contributed by atoms with Gasteiger partial charge in [0.1, 0.15) is 0 Å². The maximum absolute atomic E-state index is 2.55. The Balaban J connectivity index is 1.23. The average Bonchev–Trinajstić information content (AvgIpc) is 3.76. The van der Waals surface area contributed by atoms with Crippen molar-refractivity contribution < 1.29 is 0 Å². The quantitative estimate of drug-likeness (QED) is 0.174. The first-order valence-electron chi connectivity index (χ1n) is 16.1. The van der Waals surface area contributed by atoms with E-state index in [0.717, 1.165) is 0 Å². The van der Waals surface area contributed by atoms with Gasteiger partial charge in [0.05, 0.1) is 27.6 Å². The predicted octanol–water partition coefficient (Wildman–Crippen LogP) is 8.12. The van der Waals surface area contributed by atoms with Crippen molar-refractivity contribution in [2.45, 2.75) is 0 Å². The second-order valence-electron chi connectivity index (χ2n) is 12.9. The molecule has 0 N–H and O–H groups in total. The molecule has 0 saturated carbocycles. The van der Waals surface area contributed by atoms with Gasteiger partial charge in [0.2, 0.25) is 0 Å². The van der Waals surface area contributed by atoms with Gasteiger partial charge in [0.25, 0.3) is 6.71 Å². The molecule has 3 aromatic heterocycles. The highest BCUT2D eigenvalue weighted by molar-refractivity contribution is 7.00. The second kappa shape index (κ2) is 7.98. The number of para-hydroxylation sites is 5. The van der Waals surface area contributed by atoms with Gasteiger partial charge in [-0.1, -0.05) is 97.1 Å². The first-order valence-corrected chi connectivity index (χ1v) is 16.1. The molecule has 210 valence electrons. The van der Waals surface area contributed by atoms with Crippen molar-refractivity contribution in [1.29, 1.82) is 0 Å².